The van der Waals surface area contributed by atoms with Crippen molar-refractivity contribution in [2.24, 2.45) is 0 Å². The van der Waals surface area contributed by atoms with E-state index in [1.807, 2.05) is 0 Å². The van der Waals surface area contributed by atoms with E-state index >= 15 is 0 Å². The molecule has 10 heteroatoms. The molecule has 0 saturated carbocycles. The Bertz CT molecular complexity index is 1160. The Balaban J connectivity index is 1.70. The van der Waals surface area contributed by atoms with E-state index in [0.29, 0.717) is 5.69 Å². The summed E-state index contributed by atoms with van der Waals surface area (Å²) in [6, 6.07) is 15.5. The zero-order valence-corrected chi connectivity index (χ0v) is 15.5. The van der Waals surface area contributed by atoms with Crippen LogP contribution in [0.4, 0.5) is 21.5 Å². The molecule has 0 aliphatic heterocycles. The first-order valence-electron chi connectivity index (χ1n) is 8.19. The molecule has 0 aromatic heterocycles. The third kappa shape index (κ3) is 4.93. The smallest absolute Gasteiger partial charge is 0.270 e. The molecule has 1 amide bonds. The predicted octanol–water partition coefficient (Wildman–Crippen LogP) is 3.79. The first-order chi connectivity index (χ1) is 13.7. The number of nitrogens with zero attached hydrogens (tertiary/aromatic N) is 1. The highest BCUT2D eigenvalue weighted by molar-refractivity contribution is 7.92. The van der Waals surface area contributed by atoms with Crippen LogP contribution in [-0.4, -0.2) is 19.2 Å². The van der Waals surface area contributed by atoms with Gasteiger partial charge in [0.15, 0.2) is 0 Å². The number of carbonyl (C=O) groups is 1. The van der Waals surface area contributed by atoms with Crippen molar-refractivity contribution in [3.63, 3.8) is 0 Å². The highest BCUT2D eigenvalue weighted by atomic mass is 32.2. The van der Waals surface area contributed by atoms with Crippen LogP contribution < -0.4 is 10.0 Å². The number of anilines is 2. The van der Waals surface area contributed by atoms with Crippen LogP contribution in [0.5, 0.6) is 0 Å². The van der Waals surface area contributed by atoms with Crippen LogP contribution in [0.3, 0.4) is 0 Å². The van der Waals surface area contributed by atoms with E-state index in [1.54, 1.807) is 0 Å². The molecule has 0 aliphatic rings. The number of nitro groups is 1. The van der Waals surface area contributed by atoms with E-state index in [2.05, 4.69) is 10.0 Å². The Morgan fingerprint density at radius 3 is 2.17 bits per heavy atom. The molecule has 0 aliphatic carbocycles. The number of nitro benzene ring substituents is 1. The number of carbonyl (C=O) groups excluding carboxylic acids is 1. The fourth-order valence-electron chi connectivity index (χ4n) is 2.41. The summed E-state index contributed by atoms with van der Waals surface area (Å²) in [6.07, 6.45) is 0. The minimum absolute atomic E-state index is 0.0954. The number of sulfonamides is 1. The number of nitrogens with one attached hydrogen (secondary N) is 2. The lowest BCUT2D eigenvalue weighted by Gasteiger charge is -2.10. The quantitative estimate of drug-likeness (QED) is 0.469. The Kier molecular flexibility index (Phi) is 5.55. The van der Waals surface area contributed by atoms with Gasteiger partial charge in [-0.3, -0.25) is 19.6 Å². The molecule has 29 heavy (non-hydrogen) atoms. The summed E-state index contributed by atoms with van der Waals surface area (Å²) in [4.78, 5) is 22.3. The van der Waals surface area contributed by atoms with Gasteiger partial charge < -0.3 is 5.32 Å². The molecule has 148 valence electrons. The Morgan fingerprint density at radius 2 is 1.55 bits per heavy atom. The zero-order valence-electron chi connectivity index (χ0n) is 14.7. The van der Waals surface area contributed by atoms with Crippen molar-refractivity contribution in [3.8, 4) is 0 Å². The van der Waals surface area contributed by atoms with Crippen LogP contribution in [-0.2, 0) is 10.0 Å². The van der Waals surface area contributed by atoms with Gasteiger partial charge in [-0.15, -0.1) is 0 Å². The molecule has 0 spiro atoms. The van der Waals surface area contributed by atoms with Crippen molar-refractivity contribution in [1.29, 1.82) is 0 Å². The van der Waals surface area contributed by atoms with Crippen LogP contribution in [0.1, 0.15) is 10.4 Å². The number of amides is 1. The third-order valence-corrected chi connectivity index (χ3v) is 5.24. The van der Waals surface area contributed by atoms with Crippen molar-refractivity contribution in [3.05, 3.63) is 94.3 Å². The SMILES string of the molecule is O=C(Nc1ccc(NS(=O)(=O)c2ccc(F)cc2)cc1)c1cccc([N+](=O)[O-])c1. The summed E-state index contributed by atoms with van der Waals surface area (Å²) in [5.41, 5.74) is 0.511. The molecular formula is C19H14FN3O5S. The topological polar surface area (TPSA) is 118 Å². The maximum absolute atomic E-state index is 13.0. The predicted molar refractivity (Wildman–Crippen MR) is 105 cm³/mol. The number of hydrogen-bond donors (Lipinski definition) is 2. The van der Waals surface area contributed by atoms with Crippen molar-refractivity contribution in [1.82, 2.24) is 0 Å². The fraction of sp³-hybridized carbons (Fsp3) is 0. The van der Waals surface area contributed by atoms with Crippen LogP contribution in [0.25, 0.3) is 0 Å². The second-order valence-corrected chi connectivity index (χ2v) is 7.58. The highest BCUT2D eigenvalue weighted by Crippen LogP contribution is 2.20. The lowest BCUT2D eigenvalue weighted by Crippen LogP contribution is -2.14. The number of halogens is 1. The molecule has 0 fully saturated rings. The average Bonchev–Trinajstić information content (AvgIpc) is 2.69. The van der Waals surface area contributed by atoms with Crippen LogP contribution in [0.2, 0.25) is 0 Å². The van der Waals surface area contributed by atoms with Gasteiger partial charge in [-0.2, -0.15) is 0 Å². The van der Waals surface area contributed by atoms with Gasteiger partial charge in [-0.1, -0.05) is 6.07 Å². The summed E-state index contributed by atoms with van der Waals surface area (Å²) >= 11 is 0. The fourth-order valence-corrected chi connectivity index (χ4v) is 3.47. The van der Waals surface area contributed by atoms with Crippen LogP contribution >= 0.6 is 0 Å². The molecule has 0 heterocycles. The highest BCUT2D eigenvalue weighted by Gasteiger charge is 2.15. The first kappa shape index (κ1) is 20.0. The normalized spacial score (nSPS) is 10.9. The van der Waals surface area contributed by atoms with E-state index in [4.69, 9.17) is 0 Å². The molecule has 0 saturated heterocycles. The third-order valence-electron chi connectivity index (χ3n) is 3.84. The maximum atomic E-state index is 13.0. The van der Waals surface area contributed by atoms with E-state index in [9.17, 15) is 27.7 Å². The molecule has 0 unspecified atom stereocenters. The van der Waals surface area contributed by atoms with E-state index in [0.717, 1.165) is 30.3 Å². The number of benzene rings is 3. The Hall–Kier alpha value is -3.79. The van der Waals surface area contributed by atoms with Crippen LogP contribution in [0.15, 0.2) is 77.7 Å². The molecule has 0 radical (unpaired) electrons. The van der Waals surface area contributed by atoms with E-state index < -0.39 is 26.7 Å². The Labute approximate surface area is 165 Å². The van der Waals surface area contributed by atoms with Gasteiger partial charge >= 0.3 is 0 Å². The van der Waals surface area contributed by atoms with E-state index in [-0.39, 0.29) is 21.8 Å². The molecule has 0 atom stereocenters. The molecule has 3 rings (SSSR count). The van der Waals surface area contributed by atoms with Gasteiger partial charge in [-0.25, -0.2) is 12.8 Å². The van der Waals surface area contributed by atoms with Crippen molar-refractivity contribution < 1.29 is 22.5 Å². The number of hydrogen-bond acceptors (Lipinski definition) is 5. The summed E-state index contributed by atoms with van der Waals surface area (Å²) in [7, 11) is -3.89. The second-order valence-electron chi connectivity index (χ2n) is 5.90. The minimum atomic E-state index is -3.89. The van der Waals surface area contributed by atoms with Gasteiger partial charge in [0.05, 0.1) is 9.82 Å². The lowest BCUT2D eigenvalue weighted by molar-refractivity contribution is -0.384. The lowest BCUT2D eigenvalue weighted by atomic mass is 10.2. The van der Waals surface area contributed by atoms with Crippen LogP contribution in [0, 0.1) is 15.9 Å². The summed E-state index contributed by atoms with van der Waals surface area (Å²) < 4.78 is 39.9. The molecule has 3 aromatic rings. The minimum Gasteiger partial charge on any atom is -0.322 e. The molecule has 3 aromatic carbocycles. The van der Waals surface area contributed by atoms with Gasteiger partial charge in [-0.05, 0) is 54.6 Å². The summed E-state index contributed by atoms with van der Waals surface area (Å²) in [6.45, 7) is 0. The molecule has 2 N–H and O–H groups in total. The monoisotopic (exact) mass is 415 g/mol. The molecule has 0 bridgehead atoms. The molecular weight excluding hydrogens is 401 g/mol. The molecule has 8 nitrogen and oxygen atoms in total. The van der Waals surface area contributed by atoms with E-state index in [1.165, 1.54) is 42.5 Å². The summed E-state index contributed by atoms with van der Waals surface area (Å²) in [5, 5.41) is 13.4. The van der Waals surface area contributed by atoms with Crippen molar-refractivity contribution in [2.45, 2.75) is 4.90 Å². The number of non-ortho nitro benzene ring substituents is 1. The second kappa shape index (κ2) is 8.07. The average molecular weight is 415 g/mol. The van der Waals surface area contributed by atoms with Gasteiger partial charge in [0.1, 0.15) is 5.82 Å². The summed E-state index contributed by atoms with van der Waals surface area (Å²) in [5.74, 6) is -1.10. The van der Waals surface area contributed by atoms with Gasteiger partial charge in [0.25, 0.3) is 21.6 Å². The maximum Gasteiger partial charge on any atom is 0.270 e. The van der Waals surface area contributed by atoms with Gasteiger partial charge in [0.2, 0.25) is 0 Å². The number of rotatable bonds is 6. The standard InChI is InChI=1S/C19H14FN3O5S/c20-14-4-10-18(11-5-14)29(27,28)22-16-8-6-15(7-9-16)21-19(24)13-2-1-3-17(12-13)23(25)26/h1-12,22H,(H,21,24). The first-order valence-corrected chi connectivity index (χ1v) is 9.67. The largest absolute Gasteiger partial charge is 0.322 e. The zero-order chi connectivity index (χ0) is 21.0. The van der Waals surface area contributed by atoms with Gasteiger partial charge in [0, 0.05) is 29.1 Å². The van der Waals surface area contributed by atoms with Crippen molar-refractivity contribution in [2.75, 3.05) is 10.0 Å². The Morgan fingerprint density at radius 1 is 0.931 bits per heavy atom. The van der Waals surface area contributed by atoms with Crippen molar-refractivity contribution >= 4 is 33.0 Å².